The molecule has 2 rings (SSSR count). The average molecular weight is 333 g/mol. The molecule has 1 fully saturated rings. The fraction of sp³-hybridized carbons (Fsp3) is 0.462. The maximum Gasteiger partial charge on any atom is 0.257 e. The van der Waals surface area contributed by atoms with Crippen molar-refractivity contribution in [1.82, 2.24) is 4.90 Å². The van der Waals surface area contributed by atoms with Crippen molar-refractivity contribution in [2.24, 2.45) is 5.92 Å². The second-order valence-electron chi connectivity index (χ2n) is 4.40. The van der Waals surface area contributed by atoms with Gasteiger partial charge in [-0.15, -0.1) is 0 Å². The fourth-order valence-electron chi connectivity index (χ4n) is 2.16. The van der Waals surface area contributed by atoms with Gasteiger partial charge in [-0.1, -0.05) is 27.5 Å². The number of hydrogen-bond acceptors (Lipinski definition) is 2. The van der Waals surface area contributed by atoms with Crippen LogP contribution in [-0.2, 0) is 0 Å². The number of likely N-dealkylation sites (tertiary alicyclic amines) is 1. The molecule has 0 aliphatic carbocycles. The molecule has 0 bridgehead atoms. The highest BCUT2D eigenvalue weighted by molar-refractivity contribution is 9.09. The van der Waals surface area contributed by atoms with Crippen LogP contribution in [0.5, 0.6) is 5.75 Å². The molecule has 98 valence electrons. The van der Waals surface area contributed by atoms with Gasteiger partial charge in [-0.05, 0) is 30.5 Å². The van der Waals surface area contributed by atoms with E-state index in [9.17, 15) is 4.79 Å². The summed E-state index contributed by atoms with van der Waals surface area (Å²) in [5, 5.41) is 1.49. The number of nitrogens with zero attached hydrogens (tertiary/aromatic N) is 1. The Morgan fingerprint density at radius 2 is 2.39 bits per heavy atom. The van der Waals surface area contributed by atoms with Crippen LogP contribution in [0.25, 0.3) is 0 Å². The monoisotopic (exact) mass is 331 g/mol. The van der Waals surface area contributed by atoms with Gasteiger partial charge in [0.25, 0.3) is 5.91 Å². The fourth-order valence-corrected chi connectivity index (χ4v) is 2.86. The summed E-state index contributed by atoms with van der Waals surface area (Å²) in [6, 6.07) is 5.13. The number of hydrogen-bond donors (Lipinski definition) is 0. The molecule has 1 aromatic carbocycles. The van der Waals surface area contributed by atoms with Crippen molar-refractivity contribution in [3.63, 3.8) is 0 Å². The lowest BCUT2D eigenvalue weighted by molar-refractivity contribution is 0.0785. The lowest BCUT2D eigenvalue weighted by Crippen LogP contribution is -2.29. The highest BCUT2D eigenvalue weighted by Gasteiger charge is 2.27. The molecule has 0 aromatic heterocycles. The van der Waals surface area contributed by atoms with Crippen molar-refractivity contribution >= 4 is 33.4 Å². The number of methoxy groups -OCH3 is 1. The second-order valence-corrected chi connectivity index (χ2v) is 5.49. The zero-order valence-corrected chi connectivity index (χ0v) is 12.5. The zero-order valence-electron chi connectivity index (χ0n) is 10.2. The number of carbonyl (C=O) groups is 1. The van der Waals surface area contributed by atoms with Crippen LogP contribution in [-0.4, -0.2) is 36.3 Å². The minimum Gasteiger partial charge on any atom is -0.496 e. The van der Waals surface area contributed by atoms with E-state index >= 15 is 0 Å². The zero-order chi connectivity index (χ0) is 13.1. The van der Waals surface area contributed by atoms with E-state index in [0.717, 1.165) is 24.8 Å². The van der Waals surface area contributed by atoms with Crippen LogP contribution in [0, 0.1) is 5.92 Å². The smallest absolute Gasteiger partial charge is 0.257 e. The molecule has 1 unspecified atom stereocenters. The highest BCUT2D eigenvalue weighted by atomic mass is 79.9. The van der Waals surface area contributed by atoms with Gasteiger partial charge in [0, 0.05) is 23.4 Å². The van der Waals surface area contributed by atoms with E-state index in [1.54, 1.807) is 25.3 Å². The van der Waals surface area contributed by atoms with Crippen LogP contribution < -0.4 is 4.74 Å². The standard InChI is InChI=1S/C13H15BrClNO2/c1-18-12-3-2-10(15)6-11(12)13(17)16-5-4-9(7-14)8-16/h2-3,6,9H,4-5,7-8H2,1H3. The van der Waals surface area contributed by atoms with Gasteiger partial charge in [0.05, 0.1) is 12.7 Å². The molecule has 0 saturated carbocycles. The summed E-state index contributed by atoms with van der Waals surface area (Å²) < 4.78 is 5.22. The third-order valence-electron chi connectivity index (χ3n) is 3.18. The van der Waals surface area contributed by atoms with Gasteiger partial charge in [-0.25, -0.2) is 0 Å². The van der Waals surface area contributed by atoms with Crippen LogP contribution in [0.15, 0.2) is 18.2 Å². The average Bonchev–Trinajstić information content (AvgIpc) is 2.86. The first-order valence-corrected chi connectivity index (χ1v) is 7.34. The van der Waals surface area contributed by atoms with E-state index < -0.39 is 0 Å². The van der Waals surface area contributed by atoms with Crippen molar-refractivity contribution in [3.05, 3.63) is 28.8 Å². The third kappa shape index (κ3) is 2.81. The lowest BCUT2D eigenvalue weighted by atomic mass is 10.1. The number of amides is 1. The van der Waals surface area contributed by atoms with Gasteiger partial charge < -0.3 is 9.64 Å². The molecule has 1 amide bonds. The van der Waals surface area contributed by atoms with E-state index in [1.165, 1.54) is 0 Å². The predicted molar refractivity (Wildman–Crippen MR) is 75.8 cm³/mol. The number of alkyl halides is 1. The summed E-state index contributed by atoms with van der Waals surface area (Å²) >= 11 is 9.41. The molecule has 1 heterocycles. The molecule has 0 N–H and O–H groups in total. The molecular formula is C13H15BrClNO2. The molecule has 0 radical (unpaired) electrons. The summed E-state index contributed by atoms with van der Waals surface area (Å²) in [6.07, 6.45) is 1.04. The number of carbonyl (C=O) groups excluding carboxylic acids is 1. The Labute approximate surface area is 120 Å². The Morgan fingerprint density at radius 3 is 3.00 bits per heavy atom. The molecule has 1 aromatic rings. The first kappa shape index (κ1) is 13.7. The predicted octanol–water partition coefficient (Wildman–Crippen LogP) is 3.21. The summed E-state index contributed by atoms with van der Waals surface area (Å²) in [4.78, 5) is 14.3. The van der Waals surface area contributed by atoms with Crippen LogP contribution in [0.2, 0.25) is 5.02 Å². The third-order valence-corrected chi connectivity index (χ3v) is 4.33. The van der Waals surface area contributed by atoms with Crippen molar-refractivity contribution in [1.29, 1.82) is 0 Å². The molecular weight excluding hydrogens is 318 g/mol. The largest absolute Gasteiger partial charge is 0.496 e. The second kappa shape index (κ2) is 5.93. The molecule has 18 heavy (non-hydrogen) atoms. The van der Waals surface area contributed by atoms with Gasteiger partial charge in [0.2, 0.25) is 0 Å². The van der Waals surface area contributed by atoms with Gasteiger partial charge in [-0.3, -0.25) is 4.79 Å². The van der Waals surface area contributed by atoms with E-state index in [4.69, 9.17) is 16.3 Å². The van der Waals surface area contributed by atoms with E-state index in [0.29, 0.717) is 22.3 Å². The summed E-state index contributed by atoms with van der Waals surface area (Å²) in [7, 11) is 1.56. The normalized spacial score (nSPS) is 19.1. The molecule has 3 nitrogen and oxygen atoms in total. The van der Waals surface area contributed by atoms with Crippen molar-refractivity contribution < 1.29 is 9.53 Å². The molecule has 1 saturated heterocycles. The SMILES string of the molecule is COc1ccc(Cl)cc1C(=O)N1CCC(CBr)C1. The highest BCUT2D eigenvalue weighted by Crippen LogP contribution is 2.27. The molecule has 5 heteroatoms. The molecule has 1 aliphatic heterocycles. The molecule has 1 aliphatic rings. The van der Waals surface area contributed by atoms with E-state index in [1.807, 2.05) is 4.90 Å². The van der Waals surface area contributed by atoms with Crippen LogP contribution in [0.4, 0.5) is 0 Å². The lowest BCUT2D eigenvalue weighted by Gasteiger charge is -2.18. The Balaban J connectivity index is 2.21. The first-order chi connectivity index (χ1) is 8.65. The minimum atomic E-state index is -0.00204. The van der Waals surface area contributed by atoms with Crippen LogP contribution in [0.3, 0.4) is 0 Å². The van der Waals surface area contributed by atoms with Gasteiger partial charge in [0.15, 0.2) is 0 Å². The van der Waals surface area contributed by atoms with Gasteiger partial charge in [0.1, 0.15) is 5.75 Å². The van der Waals surface area contributed by atoms with E-state index in [2.05, 4.69) is 15.9 Å². The number of halogens is 2. The maximum atomic E-state index is 12.4. The van der Waals surface area contributed by atoms with E-state index in [-0.39, 0.29) is 5.91 Å². The number of ether oxygens (including phenoxy) is 1. The quantitative estimate of drug-likeness (QED) is 0.796. The van der Waals surface area contributed by atoms with Gasteiger partial charge >= 0.3 is 0 Å². The Morgan fingerprint density at radius 1 is 1.61 bits per heavy atom. The van der Waals surface area contributed by atoms with Crippen LogP contribution >= 0.6 is 27.5 Å². The topological polar surface area (TPSA) is 29.5 Å². The summed E-state index contributed by atoms with van der Waals surface area (Å²) in [5.41, 5.74) is 0.542. The van der Waals surface area contributed by atoms with Crippen LogP contribution in [0.1, 0.15) is 16.8 Å². The number of rotatable bonds is 3. The minimum absolute atomic E-state index is 0.00204. The molecule has 1 atom stereocenters. The number of benzene rings is 1. The Kier molecular flexibility index (Phi) is 4.51. The van der Waals surface area contributed by atoms with Crippen molar-refractivity contribution in [2.75, 3.05) is 25.5 Å². The summed E-state index contributed by atoms with van der Waals surface area (Å²) in [6.45, 7) is 1.59. The first-order valence-electron chi connectivity index (χ1n) is 5.84. The Bertz CT molecular complexity index is 453. The van der Waals surface area contributed by atoms with Crippen molar-refractivity contribution in [2.45, 2.75) is 6.42 Å². The summed E-state index contributed by atoms with van der Waals surface area (Å²) in [5.74, 6) is 1.11. The maximum absolute atomic E-state index is 12.4. The van der Waals surface area contributed by atoms with Gasteiger partial charge in [-0.2, -0.15) is 0 Å². The Hall–Kier alpha value is -0.740. The van der Waals surface area contributed by atoms with Crippen molar-refractivity contribution in [3.8, 4) is 5.75 Å². The molecule has 0 spiro atoms.